The summed E-state index contributed by atoms with van der Waals surface area (Å²) in [7, 11) is 1.61. The fraction of sp³-hybridized carbons (Fsp3) is 0.429. The number of ether oxygens (including phenoxy) is 1. The highest BCUT2D eigenvalue weighted by atomic mass is 16.5. The minimum Gasteiger partial charge on any atom is -0.481 e. The SMILES string of the molecule is COCCC[C@]1(C(=O)O)CCCN(C(=O)c2ccc(-c3ccco3)cc2)C1. The summed E-state index contributed by atoms with van der Waals surface area (Å²) in [5, 5.41) is 9.81. The zero-order chi connectivity index (χ0) is 19.3. The molecule has 6 heteroatoms. The second-order valence-corrected chi connectivity index (χ2v) is 7.07. The molecule has 0 spiro atoms. The van der Waals surface area contributed by atoms with Crippen molar-refractivity contribution in [2.45, 2.75) is 25.7 Å². The van der Waals surface area contributed by atoms with Crippen molar-refractivity contribution in [2.75, 3.05) is 26.8 Å². The molecule has 3 rings (SSSR count). The van der Waals surface area contributed by atoms with E-state index in [0.29, 0.717) is 44.4 Å². The third kappa shape index (κ3) is 4.22. The van der Waals surface area contributed by atoms with E-state index in [9.17, 15) is 14.7 Å². The zero-order valence-corrected chi connectivity index (χ0v) is 15.5. The predicted molar refractivity (Wildman–Crippen MR) is 100 cm³/mol. The quantitative estimate of drug-likeness (QED) is 0.751. The molecule has 6 nitrogen and oxygen atoms in total. The first-order valence-corrected chi connectivity index (χ1v) is 9.21. The van der Waals surface area contributed by atoms with Gasteiger partial charge in [0, 0.05) is 37.9 Å². The molecule has 1 aromatic carbocycles. The van der Waals surface area contributed by atoms with E-state index in [1.807, 2.05) is 24.3 Å². The van der Waals surface area contributed by atoms with Crippen LogP contribution in [0.15, 0.2) is 47.1 Å². The minimum absolute atomic E-state index is 0.127. The lowest BCUT2D eigenvalue weighted by Crippen LogP contribution is -2.50. The van der Waals surface area contributed by atoms with E-state index in [1.54, 1.807) is 30.4 Å². The number of carbonyl (C=O) groups excluding carboxylic acids is 1. The van der Waals surface area contributed by atoms with E-state index in [0.717, 1.165) is 11.3 Å². The number of aliphatic carboxylic acids is 1. The third-order valence-corrected chi connectivity index (χ3v) is 5.26. The molecule has 1 atom stereocenters. The molecule has 1 aliphatic heterocycles. The lowest BCUT2D eigenvalue weighted by Gasteiger charge is -2.40. The van der Waals surface area contributed by atoms with E-state index < -0.39 is 11.4 Å². The number of hydrogen-bond acceptors (Lipinski definition) is 4. The van der Waals surface area contributed by atoms with E-state index in [2.05, 4.69) is 0 Å². The number of likely N-dealkylation sites (tertiary alicyclic amines) is 1. The summed E-state index contributed by atoms with van der Waals surface area (Å²) < 4.78 is 10.4. The molecule has 1 aromatic heterocycles. The van der Waals surface area contributed by atoms with Crippen LogP contribution in [0.1, 0.15) is 36.0 Å². The topological polar surface area (TPSA) is 80.0 Å². The summed E-state index contributed by atoms with van der Waals surface area (Å²) >= 11 is 0. The van der Waals surface area contributed by atoms with Crippen LogP contribution in [0.25, 0.3) is 11.3 Å². The molecule has 0 bridgehead atoms. The normalized spacial score (nSPS) is 19.8. The number of amides is 1. The van der Waals surface area contributed by atoms with Gasteiger partial charge >= 0.3 is 5.97 Å². The average Bonchev–Trinajstić information content (AvgIpc) is 3.23. The van der Waals surface area contributed by atoms with Crippen molar-refractivity contribution in [3.63, 3.8) is 0 Å². The lowest BCUT2D eigenvalue weighted by molar-refractivity contribution is -0.152. The van der Waals surface area contributed by atoms with Crippen molar-refractivity contribution in [3.8, 4) is 11.3 Å². The average molecular weight is 371 g/mol. The maximum atomic E-state index is 12.9. The summed E-state index contributed by atoms with van der Waals surface area (Å²) in [6.45, 7) is 1.35. The van der Waals surface area contributed by atoms with Crippen LogP contribution >= 0.6 is 0 Å². The van der Waals surface area contributed by atoms with Crippen molar-refractivity contribution < 1.29 is 23.8 Å². The Morgan fingerprint density at radius 3 is 2.67 bits per heavy atom. The smallest absolute Gasteiger partial charge is 0.311 e. The first kappa shape index (κ1) is 19.2. The number of carboxylic acid groups (broad SMARTS) is 1. The fourth-order valence-electron chi connectivity index (χ4n) is 3.75. The molecule has 2 aromatic rings. The van der Waals surface area contributed by atoms with Crippen molar-refractivity contribution in [3.05, 3.63) is 48.2 Å². The van der Waals surface area contributed by atoms with Gasteiger partial charge in [0.2, 0.25) is 0 Å². The number of furan rings is 1. The van der Waals surface area contributed by atoms with Gasteiger partial charge in [0.05, 0.1) is 11.7 Å². The summed E-state index contributed by atoms with van der Waals surface area (Å²) in [5.74, 6) is -0.211. The van der Waals surface area contributed by atoms with Crippen LogP contribution in [0.4, 0.5) is 0 Å². The Kier molecular flexibility index (Phi) is 5.96. The van der Waals surface area contributed by atoms with Crippen LogP contribution in [0.2, 0.25) is 0 Å². The largest absolute Gasteiger partial charge is 0.481 e. The highest BCUT2D eigenvalue weighted by Gasteiger charge is 2.43. The second kappa shape index (κ2) is 8.39. The van der Waals surface area contributed by atoms with Crippen LogP contribution in [-0.2, 0) is 9.53 Å². The molecule has 0 unspecified atom stereocenters. The molecular weight excluding hydrogens is 346 g/mol. The number of rotatable bonds is 7. The van der Waals surface area contributed by atoms with Crippen LogP contribution < -0.4 is 0 Å². The van der Waals surface area contributed by atoms with E-state index in [-0.39, 0.29) is 12.5 Å². The zero-order valence-electron chi connectivity index (χ0n) is 15.5. The maximum absolute atomic E-state index is 12.9. The molecule has 1 amide bonds. The Labute approximate surface area is 158 Å². The number of carbonyl (C=O) groups is 2. The molecule has 1 fully saturated rings. The number of methoxy groups -OCH3 is 1. The number of nitrogens with zero attached hydrogens (tertiary/aromatic N) is 1. The van der Waals surface area contributed by atoms with E-state index in [1.165, 1.54) is 0 Å². The van der Waals surface area contributed by atoms with Crippen LogP contribution in [-0.4, -0.2) is 48.7 Å². The number of benzene rings is 1. The standard InChI is InChI=1S/C21H25NO5/c1-26-13-4-11-21(20(24)25)10-3-12-22(15-21)19(23)17-8-6-16(7-9-17)18-5-2-14-27-18/h2,5-9,14H,3-4,10-13,15H2,1H3,(H,24,25)/t21-/m1/s1. The van der Waals surface area contributed by atoms with Gasteiger partial charge in [0.25, 0.3) is 5.91 Å². The summed E-state index contributed by atoms with van der Waals surface area (Å²) in [4.78, 5) is 26.6. The molecular formula is C21H25NO5. The van der Waals surface area contributed by atoms with Gasteiger partial charge in [-0.1, -0.05) is 12.1 Å². The fourth-order valence-corrected chi connectivity index (χ4v) is 3.75. The third-order valence-electron chi connectivity index (χ3n) is 5.26. The van der Waals surface area contributed by atoms with Gasteiger partial charge < -0.3 is 19.2 Å². The lowest BCUT2D eigenvalue weighted by atomic mass is 9.76. The van der Waals surface area contributed by atoms with Crippen LogP contribution in [0.5, 0.6) is 0 Å². The Morgan fingerprint density at radius 2 is 2.04 bits per heavy atom. The Hall–Kier alpha value is -2.60. The molecule has 0 radical (unpaired) electrons. The number of hydrogen-bond donors (Lipinski definition) is 1. The van der Waals surface area contributed by atoms with Gasteiger partial charge in [0.1, 0.15) is 5.76 Å². The monoisotopic (exact) mass is 371 g/mol. The van der Waals surface area contributed by atoms with Crippen LogP contribution in [0, 0.1) is 5.41 Å². The highest BCUT2D eigenvalue weighted by Crippen LogP contribution is 2.36. The van der Waals surface area contributed by atoms with Crippen LogP contribution in [0.3, 0.4) is 0 Å². The van der Waals surface area contributed by atoms with Crippen molar-refractivity contribution >= 4 is 11.9 Å². The maximum Gasteiger partial charge on any atom is 0.311 e. The summed E-state index contributed by atoms with van der Waals surface area (Å²) in [6.07, 6.45) is 4.07. The number of carboxylic acids is 1. The summed E-state index contributed by atoms with van der Waals surface area (Å²) in [5.41, 5.74) is 0.568. The Balaban J connectivity index is 1.72. The predicted octanol–water partition coefficient (Wildman–Crippen LogP) is 3.68. The molecule has 0 aliphatic carbocycles. The van der Waals surface area contributed by atoms with Gasteiger partial charge in [-0.3, -0.25) is 9.59 Å². The van der Waals surface area contributed by atoms with Gasteiger partial charge in [-0.05, 0) is 49.9 Å². The minimum atomic E-state index is -0.888. The molecule has 1 N–H and O–H groups in total. The van der Waals surface area contributed by atoms with Gasteiger partial charge in [-0.25, -0.2) is 0 Å². The number of piperidine rings is 1. The molecule has 0 saturated carbocycles. The molecule has 27 heavy (non-hydrogen) atoms. The molecule has 1 aliphatic rings. The van der Waals surface area contributed by atoms with Crippen molar-refractivity contribution in [1.29, 1.82) is 0 Å². The summed E-state index contributed by atoms with van der Waals surface area (Å²) in [6, 6.07) is 10.9. The van der Waals surface area contributed by atoms with Crippen molar-refractivity contribution in [1.82, 2.24) is 4.90 Å². The highest BCUT2D eigenvalue weighted by molar-refractivity contribution is 5.95. The van der Waals surface area contributed by atoms with Crippen molar-refractivity contribution in [2.24, 2.45) is 5.41 Å². The first-order valence-electron chi connectivity index (χ1n) is 9.21. The van der Waals surface area contributed by atoms with Gasteiger partial charge in [0.15, 0.2) is 0 Å². The van der Waals surface area contributed by atoms with E-state index >= 15 is 0 Å². The Morgan fingerprint density at radius 1 is 1.26 bits per heavy atom. The second-order valence-electron chi connectivity index (χ2n) is 7.07. The molecule has 144 valence electrons. The van der Waals surface area contributed by atoms with Gasteiger partial charge in [-0.2, -0.15) is 0 Å². The molecule has 2 heterocycles. The van der Waals surface area contributed by atoms with E-state index in [4.69, 9.17) is 9.15 Å². The first-order chi connectivity index (χ1) is 13.1. The Bertz CT molecular complexity index is 768. The molecule has 1 saturated heterocycles. The van der Waals surface area contributed by atoms with Gasteiger partial charge in [-0.15, -0.1) is 0 Å².